The Labute approximate surface area is 176 Å². The molecule has 0 bridgehead atoms. The third kappa shape index (κ3) is 3.65. The summed E-state index contributed by atoms with van der Waals surface area (Å²) >= 11 is 0. The zero-order valence-corrected chi connectivity index (χ0v) is 17.4. The number of nitrogens with zero attached hydrogens (tertiary/aromatic N) is 2. The Kier molecular flexibility index (Phi) is 5.13. The van der Waals surface area contributed by atoms with Crippen LogP contribution < -0.4 is 10.9 Å². The van der Waals surface area contributed by atoms with Crippen LogP contribution in [-0.4, -0.2) is 21.1 Å². The number of aryl methyl sites for hydroxylation is 1. The monoisotopic (exact) mass is 400 g/mol. The van der Waals surface area contributed by atoms with E-state index in [1.54, 1.807) is 10.8 Å². The van der Waals surface area contributed by atoms with Gasteiger partial charge in [0.25, 0.3) is 5.56 Å². The lowest BCUT2D eigenvalue weighted by Gasteiger charge is -2.25. The van der Waals surface area contributed by atoms with Gasteiger partial charge in [0.1, 0.15) is 0 Å². The third-order valence-corrected chi connectivity index (χ3v) is 6.43. The van der Waals surface area contributed by atoms with E-state index in [1.807, 2.05) is 18.5 Å². The fourth-order valence-electron chi connectivity index (χ4n) is 4.41. The van der Waals surface area contributed by atoms with Gasteiger partial charge in [-0.3, -0.25) is 9.78 Å². The number of nitrogens with one attached hydrogen (secondary N) is 2. The maximum atomic E-state index is 13.0. The van der Waals surface area contributed by atoms with Crippen molar-refractivity contribution >= 4 is 21.7 Å². The summed E-state index contributed by atoms with van der Waals surface area (Å²) in [4.78, 5) is 20.8. The second kappa shape index (κ2) is 8.07. The van der Waals surface area contributed by atoms with Crippen molar-refractivity contribution in [1.82, 2.24) is 19.9 Å². The molecule has 5 heteroatoms. The smallest absolute Gasteiger partial charge is 0.260 e. The van der Waals surface area contributed by atoms with E-state index in [9.17, 15) is 4.79 Å². The van der Waals surface area contributed by atoms with Crippen LogP contribution in [0.15, 0.2) is 53.7 Å². The molecule has 2 N–H and O–H groups in total. The molecular weight excluding hydrogens is 372 g/mol. The molecule has 1 aliphatic rings. The Morgan fingerprint density at radius 3 is 2.87 bits per heavy atom. The predicted octanol–water partition coefficient (Wildman–Crippen LogP) is 4.38. The van der Waals surface area contributed by atoms with Gasteiger partial charge in [-0.25, -0.2) is 0 Å². The summed E-state index contributed by atoms with van der Waals surface area (Å²) in [6.45, 7) is 4.62. The first-order valence-electron chi connectivity index (χ1n) is 11.0. The van der Waals surface area contributed by atoms with Crippen LogP contribution in [0.2, 0.25) is 0 Å². The molecule has 0 aliphatic heterocycles. The van der Waals surface area contributed by atoms with Crippen LogP contribution in [0, 0.1) is 5.92 Å². The van der Waals surface area contributed by atoms with Gasteiger partial charge in [-0.2, -0.15) is 0 Å². The van der Waals surface area contributed by atoms with Gasteiger partial charge < -0.3 is 14.9 Å². The van der Waals surface area contributed by atoms with Gasteiger partial charge >= 0.3 is 0 Å². The number of aromatic amines is 1. The first-order valence-corrected chi connectivity index (χ1v) is 11.0. The number of hydrogen-bond donors (Lipinski definition) is 2. The SMILES string of the molecule is CCc1cncc2c(=O)n(Cc3ccc4cc(CNCC5CCC5)[nH]c4c3)ccc12. The van der Waals surface area contributed by atoms with E-state index in [2.05, 4.69) is 46.5 Å². The summed E-state index contributed by atoms with van der Waals surface area (Å²) < 4.78 is 1.77. The average molecular weight is 401 g/mol. The number of benzene rings is 1. The fraction of sp³-hybridized carbons (Fsp3) is 0.360. The highest BCUT2D eigenvalue weighted by atomic mass is 16.1. The van der Waals surface area contributed by atoms with E-state index >= 15 is 0 Å². The Bertz CT molecular complexity index is 1250. The Morgan fingerprint density at radius 2 is 2.07 bits per heavy atom. The Morgan fingerprint density at radius 1 is 1.17 bits per heavy atom. The van der Waals surface area contributed by atoms with Gasteiger partial charge in [0, 0.05) is 36.3 Å². The van der Waals surface area contributed by atoms with Crippen molar-refractivity contribution < 1.29 is 0 Å². The third-order valence-electron chi connectivity index (χ3n) is 6.43. The second-order valence-corrected chi connectivity index (χ2v) is 8.51. The zero-order valence-electron chi connectivity index (χ0n) is 17.4. The number of pyridine rings is 2. The van der Waals surface area contributed by atoms with Crippen LogP contribution in [0.4, 0.5) is 0 Å². The molecule has 1 saturated carbocycles. The lowest BCUT2D eigenvalue weighted by molar-refractivity contribution is 0.301. The molecule has 0 unspecified atom stereocenters. The highest BCUT2D eigenvalue weighted by Crippen LogP contribution is 2.25. The normalized spacial score (nSPS) is 14.4. The van der Waals surface area contributed by atoms with Crippen molar-refractivity contribution in [2.24, 2.45) is 5.92 Å². The van der Waals surface area contributed by atoms with E-state index in [0.717, 1.165) is 47.5 Å². The van der Waals surface area contributed by atoms with Gasteiger partial charge in [0.15, 0.2) is 0 Å². The maximum absolute atomic E-state index is 13.0. The van der Waals surface area contributed by atoms with E-state index in [0.29, 0.717) is 11.9 Å². The van der Waals surface area contributed by atoms with Crippen molar-refractivity contribution in [3.05, 3.63) is 76.1 Å². The number of aromatic nitrogens is 3. The van der Waals surface area contributed by atoms with Crippen molar-refractivity contribution in [2.45, 2.75) is 45.7 Å². The van der Waals surface area contributed by atoms with Crippen molar-refractivity contribution in [1.29, 1.82) is 0 Å². The molecule has 0 radical (unpaired) electrons. The number of hydrogen-bond acceptors (Lipinski definition) is 3. The second-order valence-electron chi connectivity index (χ2n) is 8.51. The molecule has 0 saturated heterocycles. The van der Waals surface area contributed by atoms with Gasteiger partial charge in [-0.15, -0.1) is 0 Å². The van der Waals surface area contributed by atoms with E-state index in [-0.39, 0.29) is 5.56 Å². The molecule has 154 valence electrons. The van der Waals surface area contributed by atoms with E-state index < -0.39 is 0 Å². The molecule has 5 nitrogen and oxygen atoms in total. The largest absolute Gasteiger partial charge is 0.357 e. The summed E-state index contributed by atoms with van der Waals surface area (Å²) in [5.41, 5.74) is 4.57. The molecule has 0 atom stereocenters. The quantitative estimate of drug-likeness (QED) is 0.484. The minimum absolute atomic E-state index is 0.0165. The standard InChI is InChI=1S/C25H28N4O/c1-2-19-13-27-15-23-22(19)8-9-29(25(23)30)16-18-6-7-20-11-21(28-24(20)10-18)14-26-12-17-4-3-5-17/h6-11,13,15,17,26,28H,2-5,12,14,16H2,1H3. The summed E-state index contributed by atoms with van der Waals surface area (Å²) in [5.74, 6) is 0.866. The molecule has 1 aliphatic carbocycles. The van der Waals surface area contributed by atoms with Crippen LogP contribution in [0.25, 0.3) is 21.7 Å². The zero-order chi connectivity index (χ0) is 20.5. The van der Waals surface area contributed by atoms with Crippen LogP contribution >= 0.6 is 0 Å². The van der Waals surface area contributed by atoms with Crippen molar-refractivity contribution in [3.63, 3.8) is 0 Å². The highest BCUT2D eigenvalue weighted by molar-refractivity contribution is 5.84. The van der Waals surface area contributed by atoms with Crippen molar-refractivity contribution in [2.75, 3.05) is 6.54 Å². The lowest BCUT2D eigenvalue weighted by Crippen LogP contribution is -2.26. The summed E-state index contributed by atoms with van der Waals surface area (Å²) in [6, 6.07) is 10.7. The van der Waals surface area contributed by atoms with Crippen LogP contribution in [-0.2, 0) is 19.5 Å². The molecule has 3 aromatic heterocycles. The molecule has 5 rings (SSSR count). The van der Waals surface area contributed by atoms with Crippen molar-refractivity contribution in [3.8, 4) is 0 Å². The first-order chi connectivity index (χ1) is 14.7. The number of H-pyrrole nitrogens is 1. The predicted molar refractivity (Wildman–Crippen MR) is 122 cm³/mol. The minimum atomic E-state index is 0.0165. The first kappa shape index (κ1) is 19.1. The van der Waals surface area contributed by atoms with Gasteiger partial charge in [-0.1, -0.05) is 25.5 Å². The average Bonchev–Trinajstić information content (AvgIpc) is 3.13. The van der Waals surface area contributed by atoms with Crippen LogP contribution in [0.3, 0.4) is 0 Å². The highest BCUT2D eigenvalue weighted by Gasteiger charge is 2.16. The Balaban J connectivity index is 1.36. The topological polar surface area (TPSA) is 62.7 Å². The lowest BCUT2D eigenvalue weighted by atomic mass is 9.85. The molecule has 30 heavy (non-hydrogen) atoms. The van der Waals surface area contributed by atoms with Gasteiger partial charge in [-0.05, 0) is 71.8 Å². The number of rotatable bonds is 7. The number of fused-ring (bicyclic) bond motifs is 2. The van der Waals surface area contributed by atoms with E-state index in [1.165, 1.54) is 30.3 Å². The molecule has 0 spiro atoms. The molecule has 1 fully saturated rings. The summed E-state index contributed by atoms with van der Waals surface area (Å²) in [5, 5.41) is 6.48. The molecule has 0 amide bonds. The van der Waals surface area contributed by atoms with Gasteiger partial charge in [0.2, 0.25) is 0 Å². The molecule has 1 aromatic carbocycles. The maximum Gasteiger partial charge on any atom is 0.260 e. The van der Waals surface area contributed by atoms with Crippen LogP contribution in [0.1, 0.15) is 43.0 Å². The summed E-state index contributed by atoms with van der Waals surface area (Å²) in [6.07, 6.45) is 10.4. The van der Waals surface area contributed by atoms with Gasteiger partial charge in [0.05, 0.1) is 11.9 Å². The van der Waals surface area contributed by atoms with Crippen LogP contribution in [0.5, 0.6) is 0 Å². The Hall–Kier alpha value is -2.92. The fourth-order valence-corrected chi connectivity index (χ4v) is 4.41. The summed E-state index contributed by atoms with van der Waals surface area (Å²) in [7, 11) is 0. The molecule has 4 aromatic rings. The minimum Gasteiger partial charge on any atom is -0.357 e. The van der Waals surface area contributed by atoms with E-state index in [4.69, 9.17) is 0 Å². The molecule has 3 heterocycles. The molecular formula is C25H28N4O.